The van der Waals surface area contributed by atoms with E-state index in [4.69, 9.17) is 9.47 Å². The zero-order valence-corrected chi connectivity index (χ0v) is 25.5. The lowest BCUT2D eigenvalue weighted by Gasteiger charge is -2.32. The van der Waals surface area contributed by atoms with Crippen molar-refractivity contribution in [3.05, 3.63) is 59.2 Å². The van der Waals surface area contributed by atoms with Crippen molar-refractivity contribution in [3.8, 4) is 11.5 Å². The molecule has 0 bridgehead atoms. The molecule has 5 nitrogen and oxygen atoms in total. The zero-order valence-electron chi connectivity index (χ0n) is 25.5. The minimum Gasteiger partial charge on any atom is -0.493 e. The lowest BCUT2D eigenvalue weighted by atomic mass is 9.85. The van der Waals surface area contributed by atoms with Crippen LogP contribution in [-0.2, 0) is 13.0 Å². The number of ketones is 1. The molecule has 6 rings (SSSR count). The first kappa shape index (κ1) is 30.1. The summed E-state index contributed by atoms with van der Waals surface area (Å²) in [5, 5.41) is 3.86. The summed E-state index contributed by atoms with van der Waals surface area (Å²) in [6, 6.07) is 16.3. The number of benzene rings is 2. The minimum atomic E-state index is 0.109. The van der Waals surface area contributed by atoms with Crippen molar-refractivity contribution in [2.75, 3.05) is 27.3 Å². The summed E-state index contributed by atoms with van der Waals surface area (Å²) < 4.78 is 10.8. The third-order valence-corrected chi connectivity index (χ3v) is 9.97. The number of rotatable bonds is 8. The van der Waals surface area contributed by atoms with Gasteiger partial charge in [-0.05, 0) is 93.6 Å². The first-order chi connectivity index (χ1) is 20.1. The van der Waals surface area contributed by atoms with E-state index in [2.05, 4.69) is 40.5 Å². The first-order valence-corrected chi connectivity index (χ1v) is 16.4. The average Bonchev–Trinajstić information content (AvgIpc) is 3.32. The Morgan fingerprint density at radius 1 is 0.780 bits per heavy atom. The Morgan fingerprint density at radius 3 is 1.95 bits per heavy atom. The van der Waals surface area contributed by atoms with Crippen molar-refractivity contribution in [3.63, 3.8) is 0 Å². The van der Waals surface area contributed by atoms with Gasteiger partial charge in [-0.15, -0.1) is 0 Å². The van der Waals surface area contributed by atoms with Gasteiger partial charge in [0.25, 0.3) is 0 Å². The van der Waals surface area contributed by atoms with Crippen LogP contribution in [0.1, 0.15) is 105 Å². The van der Waals surface area contributed by atoms with Gasteiger partial charge in [-0.2, -0.15) is 0 Å². The van der Waals surface area contributed by atoms with E-state index in [-0.39, 0.29) is 11.7 Å². The molecule has 0 spiro atoms. The van der Waals surface area contributed by atoms with Crippen LogP contribution in [0, 0.1) is 11.8 Å². The van der Waals surface area contributed by atoms with Crippen LogP contribution in [-0.4, -0.2) is 50.1 Å². The van der Waals surface area contributed by atoms with Crippen LogP contribution in [0.4, 0.5) is 0 Å². The number of piperidine rings is 1. The smallest absolute Gasteiger partial charge is 0.166 e. The lowest BCUT2D eigenvalue weighted by Crippen LogP contribution is -2.40. The van der Waals surface area contributed by atoms with Gasteiger partial charge in [-0.3, -0.25) is 9.69 Å². The number of nitrogens with one attached hydrogen (secondary N) is 1. The van der Waals surface area contributed by atoms with Gasteiger partial charge in [0, 0.05) is 30.1 Å². The molecule has 3 fully saturated rings. The van der Waals surface area contributed by atoms with Gasteiger partial charge in [0.05, 0.1) is 14.2 Å². The fourth-order valence-corrected chi connectivity index (χ4v) is 7.58. The molecule has 4 aliphatic rings. The number of carbonyl (C=O) groups excluding carboxylic acids is 1. The molecule has 1 unspecified atom stereocenters. The predicted octanol–water partition coefficient (Wildman–Crippen LogP) is 7.60. The summed E-state index contributed by atoms with van der Waals surface area (Å²) in [7, 11) is 3.26. The highest BCUT2D eigenvalue weighted by Crippen LogP contribution is 2.39. The van der Waals surface area contributed by atoms with E-state index in [0.717, 1.165) is 55.7 Å². The maximum absolute atomic E-state index is 12.9. The fraction of sp³-hybridized carbons (Fsp3) is 0.639. The second-order valence-electron chi connectivity index (χ2n) is 12.9. The summed E-state index contributed by atoms with van der Waals surface area (Å²) in [6.45, 7) is 3.27. The molecule has 1 atom stereocenters. The van der Waals surface area contributed by atoms with E-state index in [0.29, 0.717) is 17.4 Å². The Morgan fingerprint density at radius 2 is 1.37 bits per heavy atom. The van der Waals surface area contributed by atoms with Crippen molar-refractivity contribution in [2.45, 2.75) is 109 Å². The molecule has 41 heavy (non-hydrogen) atoms. The second kappa shape index (κ2) is 15.2. The number of ether oxygens (including phenoxy) is 2. The molecule has 0 aromatic heterocycles. The molecule has 1 N–H and O–H groups in total. The van der Waals surface area contributed by atoms with Gasteiger partial charge >= 0.3 is 0 Å². The molecule has 2 aromatic carbocycles. The molecule has 1 aliphatic heterocycles. The standard InChI is InChI=1S/C24H29NO3.C12H23N/c1-27-22-14-19-13-20(24(26)21(19)15-23(22)28-2)12-17-8-10-25(11-9-17)16-18-6-4-3-5-7-18;1-3-7-11(8-4-1)13-12-9-5-2-6-10-12/h3-7,14-15,17,20H,8-13,16H2,1-2H3;11-13H,1-10H2. The summed E-state index contributed by atoms with van der Waals surface area (Å²) >= 11 is 0. The van der Waals surface area contributed by atoms with E-state index in [9.17, 15) is 4.79 Å². The first-order valence-electron chi connectivity index (χ1n) is 16.4. The molecule has 2 saturated carbocycles. The van der Waals surface area contributed by atoms with Gasteiger partial charge in [0.1, 0.15) is 0 Å². The SMILES string of the molecule is C1CCC(NC2CCCCC2)CC1.COc1cc2c(cc1OC)C(=O)C(CC1CCN(Cc3ccccc3)CC1)C2. The van der Waals surface area contributed by atoms with Gasteiger partial charge in [0.15, 0.2) is 17.3 Å². The van der Waals surface area contributed by atoms with E-state index < -0.39 is 0 Å². The summed E-state index contributed by atoms with van der Waals surface area (Å²) in [4.78, 5) is 15.5. The number of carbonyl (C=O) groups is 1. The van der Waals surface area contributed by atoms with Gasteiger partial charge in [0.2, 0.25) is 0 Å². The number of likely N-dealkylation sites (tertiary alicyclic amines) is 1. The highest BCUT2D eigenvalue weighted by Gasteiger charge is 2.34. The number of hydrogen-bond donors (Lipinski definition) is 1. The van der Waals surface area contributed by atoms with Crippen LogP contribution in [0.3, 0.4) is 0 Å². The second-order valence-corrected chi connectivity index (χ2v) is 12.9. The molecule has 0 amide bonds. The topological polar surface area (TPSA) is 50.8 Å². The number of nitrogens with zero attached hydrogens (tertiary/aromatic N) is 1. The monoisotopic (exact) mass is 560 g/mol. The Hall–Kier alpha value is -2.37. The van der Waals surface area contributed by atoms with Crippen LogP contribution in [0.15, 0.2) is 42.5 Å². The lowest BCUT2D eigenvalue weighted by molar-refractivity contribution is 0.0895. The van der Waals surface area contributed by atoms with Crippen LogP contribution in [0.5, 0.6) is 11.5 Å². The van der Waals surface area contributed by atoms with Crippen molar-refractivity contribution in [1.29, 1.82) is 0 Å². The highest BCUT2D eigenvalue weighted by atomic mass is 16.5. The number of Topliss-reactive ketones (excluding diaryl/α,β-unsaturated/α-hetero) is 1. The normalized spacial score (nSPS) is 22.6. The summed E-state index contributed by atoms with van der Waals surface area (Å²) in [6.07, 6.45) is 18.8. The molecule has 224 valence electrons. The van der Waals surface area contributed by atoms with Gasteiger partial charge in [-0.25, -0.2) is 0 Å². The maximum atomic E-state index is 12.9. The Kier molecular flexibility index (Phi) is 11.2. The molecule has 1 saturated heterocycles. The summed E-state index contributed by atoms with van der Waals surface area (Å²) in [5.41, 5.74) is 3.31. The third kappa shape index (κ3) is 8.35. The molecular weight excluding hydrogens is 508 g/mol. The van der Waals surface area contributed by atoms with E-state index in [1.54, 1.807) is 14.2 Å². The molecule has 2 aromatic rings. The van der Waals surface area contributed by atoms with Crippen molar-refractivity contribution < 1.29 is 14.3 Å². The summed E-state index contributed by atoms with van der Waals surface area (Å²) in [5.74, 6) is 2.38. The number of fused-ring (bicyclic) bond motifs is 1. The molecular formula is C36H52N2O3. The van der Waals surface area contributed by atoms with Gasteiger partial charge in [-0.1, -0.05) is 68.9 Å². The minimum absolute atomic E-state index is 0.109. The third-order valence-electron chi connectivity index (χ3n) is 9.97. The molecule has 0 radical (unpaired) electrons. The van der Waals surface area contributed by atoms with Crippen LogP contribution < -0.4 is 14.8 Å². The van der Waals surface area contributed by atoms with E-state index in [1.807, 2.05) is 12.1 Å². The highest BCUT2D eigenvalue weighted by molar-refractivity contribution is 6.02. The Labute approximate surface area is 248 Å². The zero-order chi connectivity index (χ0) is 28.4. The fourth-order valence-electron chi connectivity index (χ4n) is 7.58. The number of methoxy groups -OCH3 is 2. The molecule has 1 heterocycles. The predicted molar refractivity (Wildman–Crippen MR) is 167 cm³/mol. The molecule has 5 heteroatoms. The van der Waals surface area contributed by atoms with Crippen molar-refractivity contribution in [2.24, 2.45) is 11.8 Å². The average molecular weight is 561 g/mol. The Balaban J connectivity index is 0.000000216. The van der Waals surface area contributed by atoms with E-state index >= 15 is 0 Å². The molecule has 3 aliphatic carbocycles. The van der Waals surface area contributed by atoms with E-state index in [1.165, 1.54) is 82.6 Å². The van der Waals surface area contributed by atoms with Crippen LogP contribution in [0.2, 0.25) is 0 Å². The Bertz CT molecular complexity index is 1070. The largest absolute Gasteiger partial charge is 0.493 e. The van der Waals surface area contributed by atoms with Crippen molar-refractivity contribution >= 4 is 5.78 Å². The number of hydrogen-bond acceptors (Lipinski definition) is 5. The van der Waals surface area contributed by atoms with Crippen LogP contribution >= 0.6 is 0 Å². The van der Waals surface area contributed by atoms with Crippen molar-refractivity contribution in [1.82, 2.24) is 10.2 Å². The quantitative estimate of drug-likeness (QED) is 0.360. The van der Waals surface area contributed by atoms with Crippen LogP contribution in [0.25, 0.3) is 0 Å². The maximum Gasteiger partial charge on any atom is 0.166 e. The van der Waals surface area contributed by atoms with Gasteiger partial charge < -0.3 is 14.8 Å².